The van der Waals surface area contributed by atoms with E-state index in [1.54, 1.807) is 12.1 Å². The van der Waals surface area contributed by atoms with E-state index < -0.39 is 17.7 Å². The highest BCUT2D eigenvalue weighted by atomic mass is 35.5. The summed E-state index contributed by atoms with van der Waals surface area (Å²) in [7, 11) is 0. The van der Waals surface area contributed by atoms with Gasteiger partial charge in [-0.05, 0) is 31.5 Å². The molecule has 27 heavy (non-hydrogen) atoms. The topological polar surface area (TPSA) is 61.0 Å². The molecule has 1 aromatic carbocycles. The lowest BCUT2D eigenvalue weighted by Gasteiger charge is -2.35. The molecule has 8 heteroatoms. The van der Waals surface area contributed by atoms with Crippen LogP contribution in [0.1, 0.15) is 24.1 Å². The van der Waals surface area contributed by atoms with Gasteiger partial charge in [-0.15, -0.1) is 0 Å². The van der Waals surface area contributed by atoms with Crippen LogP contribution in [0.4, 0.5) is 8.78 Å². The zero-order valence-electron chi connectivity index (χ0n) is 14.8. The largest absolute Gasteiger partial charge is 0.333 e. The highest BCUT2D eigenvalue weighted by Gasteiger charge is 2.49. The summed E-state index contributed by atoms with van der Waals surface area (Å²) in [5.74, 6) is -5.37. The molecule has 0 radical (unpaired) electrons. The fraction of sp³-hybridized carbons (Fsp3) is 0.474. The van der Waals surface area contributed by atoms with E-state index in [-0.39, 0.29) is 19.6 Å². The molecule has 1 amide bonds. The number of nitrogens with one attached hydrogen (secondary N) is 2. The molecule has 1 atom stereocenters. The number of carbonyl (C=O) groups excluding carboxylic acids is 1. The zero-order chi connectivity index (χ0) is 19.0. The van der Waals surface area contributed by atoms with Gasteiger partial charge in [-0.25, -0.2) is 0 Å². The summed E-state index contributed by atoms with van der Waals surface area (Å²) in [4.78, 5) is 13.9. The molecule has 1 fully saturated rings. The number of amides is 1. The maximum atomic E-state index is 14.8. The Hall–Kier alpha value is -1.99. The maximum Gasteiger partial charge on any atom is 0.328 e. The van der Waals surface area contributed by atoms with E-state index >= 15 is 0 Å². The SMILES string of the molecule is O=C(N1CCc2[nH]nc(-c3ccc(Cl)cc3)c2C1)C(F)(F)C1CCCNC1. The first kappa shape index (κ1) is 18.4. The van der Waals surface area contributed by atoms with E-state index in [2.05, 4.69) is 15.5 Å². The van der Waals surface area contributed by atoms with Crippen LogP contribution in [0, 0.1) is 5.92 Å². The first-order valence-electron chi connectivity index (χ1n) is 9.17. The van der Waals surface area contributed by atoms with Gasteiger partial charge >= 0.3 is 5.92 Å². The Bertz CT molecular complexity index is 831. The van der Waals surface area contributed by atoms with Crippen LogP contribution in [0.15, 0.2) is 24.3 Å². The van der Waals surface area contributed by atoms with E-state index in [1.807, 2.05) is 12.1 Å². The lowest BCUT2D eigenvalue weighted by atomic mass is 9.91. The molecule has 0 spiro atoms. The second kappa shape index (κ2) is 7.20. The normalized spacial score (nSPS) is 20.4. The van der Waals surface area contributed by atoms with Gasteiger partial charge in [0.2, 0.25) is 0 Å². The van der Waals surface area contributed by atoms with Crippen LogP contribution < -0.4 is 5.32 Å². The number of alkyl halides is 2. The van der Waals surface area contributed by atoms with Crippen molar-refractivity contribution >= 4 is 17.5 Å². The average molecular weight is 395 g/mol. The van der Waals surface area contributed by atoms with Crippen molar-refractivity contribution in [3.8, 4) is 11.3 Å². The number of hydrogen-bond acceptors (Lipinski definition) is 3. The van der Waals surface area contributed by atoms with Crippen LogP contribution in [0.25, 0.3) is 11.3 Å². The van der Waals surface area contributed by atoms with Crippen LogP contribution in [0.5, 0.6) is 0 Å². The lowest BCUT2D eigenvalue weighted by Crippen LogP contribution is -2.52. The minimum Gasteiger partial charge on any atom is -0.333 e. The predicted molar refractivity (Wildman–Crippen MR) is 98.7 cm³/mol. The average Bonchev–Trinajstić information content (AvgIpc) is 3.12. The molecule has 0 aliphatic carbocycles. The van der Waals surface area contributed by atoms with Gasteiger partial charge in [-0.3, -0.25) is 9.89 Å². The zero-order valence-corrected chi connectivity index (χ0v) is 15.5. The summed E-state index contributed by atoms with van der Waals surface area (Å²) in [6.45, 7) is 1.31. The van der Waals surface area contributed by atoms with Gasteiger partial charge in [0, 0.05) is 53.8 Å². The number of nitrogens with zero attached hydrogens (tertiary/aromatic N) is 2. The molecule has 0 bridgehead atoms. The fourth-order valence-electron chi connectivity index (χ4n) is 3.86. The molecule has 3 heterocycles. The molecule has 5 nitrogen and oxygen atoms in total. The fourth-order valence-corrected chi connectivity index (χ4v) is 3.99. The molecule has 4 rings (SSSR count). The number of rotatable bonds is 3. The van der Waals surface area contributed by atoms with Gasteiger partial charge in [0.1, 0.15) is 0 Å². The summed E-state index contributed by atoms with van der Waals surface area (Å²) < 4.78 is 29.6. The second-order valence-electron chi connectivity index (χ2n) is 7.18. The number of aromatic nitrogens is 2. The number of H-pyrrole nitrogens is 1. The van der Waals surface area contributed by atoms with Crippen LogP contribution in [-0.2, 0) is 17.8 Å². The van der Waals surface area contributed by atoms with E-state index in [4.69, 9.17) is 11.6 Å². The van der Waals surface area contributed by atoms with Crippen LogP contribution in [0.3, 0.4) is 0 Å². The smallest absolute Gasteiger partial charge is 0.328 e. The predicted octanol–water partition coefficient (Wildman–Crippen LogP) is 3.25. The minimum absolute atomic E-state index is 0.137. The Morgan fingerprint density at radius 3 is 2.78 bits per heavy atom. The Balaban J connectivity index is 1.56. The monoisotopic (exact) mass is 394 g/mol. The first-order valence-corrected chi connectivity index (χ1v) is 9.54. The molecule has 2 aliphatic heterocycles. The Kier molecular flexibility index (Phi) is 4.90. The molecular weight excluding hydrogens is 374 g/mol. The molecule has 1 aromatic heterocycles. The Labute approximate surface area is 161 Å². The Morgan fingerprint density at radius 1 is 1.30 bits per heavy atom. The number of hydrogen-bond donors (Lipinski definition) is 2. The molecule has 2 aromatic rings. The highest BCUT2D eigenvalue weighted by Crippen LogP contribution is 2.35. The first-order chi connectivity index (χ1) is 13.0. The lowest BCUT2D eigenvalue weighted by molar-refractivity contribution is -0.168. The molecule has 2 aliphatic rings. The van der Waals surface area contributed by atoms with Gasteiger partial charge in [-0.2, -0.15) is 13.9 Å². The van der Waals surface area contributed by atoms with Crippen molar-refractivity contribution < 1.29 is 13.6 Å². The summed E-state index contributed by atoms with van der Waals surface area (Å²) in [5, 5.41) is 10.9. The van der Waals surface area contributed by atoms with Gasteiger partial charge in [-0.1, -0.05) is 23.7 Å². The van der Waals surface area contributed by atoms with Gasteiger partial charge in [0.25, 0.3) is 5.91 Å². The molecule has 2 N–H and O–H groups in total. The molecule has 1 unspecified atom stereocenters. The van der Waals surface area contributed by atoms with E-state index in [0.29, 0.717) is 30.0 Å². The van der Waals surface area contributed by atoms with Crippen LogP contribution in [-0.4, -0.2) is 46.6 Å². The molecule has 144 valence electrons. The number of carbonyl (C=O) groups is 1. The van der Waals surface area contributed by atoms with Crippen molar-refractivity contribution in [1.82, 2.24) is 20.4 Å². The van der Waals surface area contributed by atoms with Gasteiger partial charge in [0.05, 0.1) is 5.69 Å². The van der Waals surface area contributed by atoms with Crippen molar-refractivity contribution in [2.24, 2.45) is 5.92 Å². The molecular formula is C19H21ClF2N4O. The van der Waals surface area contributed by atoms with Crippen molar-refractivity contribution in [2.75, 3.05) is 19.6 Å². The molecule has 0 saturated carbocycles. The quantitative estimate of drug-likeness (QED) is 0.840. The number of piperidine rings is 1. The van der Waals surface area contributed by atoms with E-state index in [9.17, 15) is 13.6 Å². The van der Waals surface area contributed by atoms with Gasteiger partial charge in [0.15, 0.2) is 0 Å². The summed E-state index contributed by atoms with van der Waals surface area (Å²) in [6, 6.07) is 7.19. The summed E-state index contributed by atoms with van der Waals surface area (Å²) >= 11 is 5.94. The van der Waals surface area contributed by atoms with E-state index in [1.165, 1.54) is 4.90 Å². The van der Waals surface area contributed by atoms with Gasteiger partial charge < -0.3 is 10.2 Å². The number of aromatic amines is 1. The van der Waals surface area contributed by atoms with Crippen molar-refractivity contribution in [2.45, 2.75) is 31.7 Å². The maximum absolute atomic E-state index is 14.8. The molecule has 1 saturated heterocycles. The third-order valence-corrected chi connectivity index (χ3v) is 5.69. The minimum atomic E-state index is -3.35. The third-order valence-electron chi connectivity index (χ3n) is 5.43. The van der Waals surface area contributed by atoms with Crippen molar-refractivity contribution in [3.63, 3.8) is 0 Å². The van der Waals surface area contributed by atoms with E-state index in [0.717, 1.165) is 23.4 Å². The second-order valence-corrected chi connectivity index (χ2v) is 7.62. The Morgan fingerprint density at radius 2 is 2.07 bits per heavy atom. The number of fused-ring (bicyclic) bond motifs is 1. The van der Waals surface area contributed by atoms with Crippen LogP contribution >= 0.6 is 11.6 Å². The third kappa shape index (κ3) is 3.46. The number of benzene rings is 1. The summed E-state index contributed by atoms with van der Waals surface area (Å²) in [5.41, 5.74) is 3.22. The standard InChI is InChI=1S/C19H21ClF2N4O/c20-14-5-3-12(4-6-14)17-15-11-26(9-7-16(15)24-25-17)18(27)19(21,22)13-2-1-8-23-10-13/h3-6,13,23H,1-2,7-11H2,(H,24,25). The number of halogens is 3. The summed E-state index contributed by atoms with van der Waals surface area (Å²) in [6.07, 6.45) is 1.52. The van der Waals surface area contributed by atoms with Crippen molar-refractivity contribution in [1.29, 1.82) is 0 Å². The highest BCUT2D eigenvalue weighted by molar-refractivity contribution is 6.30. The van der Waals surface area contributed by atoms with Crippen LogP contribution in [0.2, 0.25) is 5.02 Å². The van der Waals surface area contributed by atoms with Crippen molar-refractivity contribution in [3.05, 3.63) is 40.5 Å².